The largest absolute Gasteiger partial charge is 0.366 e. The fourth-order valence-corrected chi connectivity index (χ4v) is 2.54. The van der Waals surface area contributed by atoms with Crippen molar-refractivity contribution >= 4 is 5.91 Å². The second-order valence-corrected chi connectivity index (χ2v) is 6.13. The maximum atomic E-state index is 12.1. The molecule has 2 unspecified atom stereocenters. The highest BCUT2D eigenvalue weighted by Crippen LogP contribution is 2.16. The molecule has 2 atom stereocenters. The molecule has 2 rings (SSSR count). The Hall–Kier alpha value is -1.39. The maximum Gasteiger partial charge on any atom is 0.250 e. The predicted octanol–water partition coefficient (Wildman–Crippen LogP) is 2.05. The van der Waals surface area contributed by atoms with Crippen molar-refractivity contribution in [1.29, 1.82) is 0 Å². The first-order chi connectivity index (χ1) is 10.1. The van der Waals surface area contributed by atoms with Crippen LogP contribution < -0.4 is 10.6 Å². The minimum absolute atomic E-state index is 0.00359. The molecule has 2 N–H and O–H groups in total. The highest BCUT2D eigenvalue weighted by atomic mass is 16.5. The van der Waals surface area contributed by atoms with E-state index in [0.29, 0.717) is 19.1 Å². The van der Waals surface area contributed by atoms with Gasteiger partial charge in [0, 0.05) is 13.1 Å². The lowest BCUT2D eigenvalue weighted by atomic mass is 10.00. The first-order valence-corrected chi connectivity index (χ1v) is 7.78. The number of benzene rings is 1. The normalized spacial score (nSPS) is 20.3. The lowest BCUT2D eigenvalue weighted by Gasteiger charge is -2.24. The van der Waals surface area contributed by atoms with E-state index in [1.54, 1.807) is 0 Å². The number of amides is 1. The molecule has 1 aromatic rings. The van der Waals surface area contributed by atoms with E-state index in [-0.39, 0.29) is 18.1 Å². The minimum atomic E-state index is -0.374. The molecule has 21 heavy (non-hydrogen) atoms. The lowest BCUT2D eigenvalue weighted by molar-refractivity contribution is -0.134. The Bertz CT molecular complexity index is 450. The molecule has 1 amide bonds. The summed E-state index contributed by atoms with van der Waals surface area (Å²) in [6.45, 7) is 8.44. The van der Waals surface area contributed by atoms with Crippen LogP contribution in [0.3, 0.4) is 0 Å². The molecule has 1 aliphatic heterocycles. The molecular weight excluding hydrogens is 264 g/mol. The first kappa shape index (κ1) is 16.0. The van der Waals surface area contributed by atoms with Crippen LogP contribution in [0.4, 0.5) is 0 Å². The number of carbonyl (C=O) groups excluding carboxylic acids is 1. The van der Waals surface area contributed by atoms with Gasteiger partial charge in [-0.05, 0) is 30.4 Å². The summed E-state index contributed by atoms with van der Waals surface area (Å²) in [5.74, 6) is 0.616. The fraction of sp³-hybridized carbons (Fsp3) is 0.588. The van der Waals surface area contributed by atoms with Crippen LogP contribution in [0, 0.1) is 5.92 Å². The van der Waals surface area contributed by atoms with E-state index in [1.165, 1.54) is 5.56 Å². The van der Waals surface area contributed by atoms with E-state index in [2.05, 4.69) is 48.7 Å². The second kappa shape index (κ2) is 7.57. The summed E-state index contributed by atoms with van der Waals surface area (Å²) in [6, 6.07) is 8.50. The third kappa shape index (κ3) is 4.83. The smallest absolute Gasteiger partial charge is 0.250 e. The molecule has 0 radical (unpaired) electrons. The number of nitrogens with one attached hydrogen (secondary N) is 2. The molecule has 0 aromatic heterocycles. The van der Waals surface area contributed by atoms with Crippen LogP contribution in [0.15, 0.2) is 24.3 Å². The fourth-order valence-electron chi connectivity index (χ4n) is 2.54. The summed E-state index contributed by atoms with van der Waals surface area (Å²) < 4.78 is 5.46. The molecule has 1 aliphatic rings. The summed E-state index contributed by atoms with van der Waals surface area (Å²) in [5.41, 5.74) is 2.46. The van der Waals surface area contributed by atoms with Crippen LogP contribution in [0.25, 0.3) is 0 Å². The molecule has 0 saturated carbocycles. The van der Waals surface area contributed by atoms with Gasteiger partial charge in [0.15, 0.2) is 0 Å². The van der Waals surface area contributed by atoms with Crippen LogP contribution in [-0.4, -0.2) is 31.7 Å². The monoisotopic (exact) mass is 290 g/mol. The molecule has 0 bridgehead atoms. The number of carbonyl (C=O) groups is 1. The van der Waals surface area contributed by atoms with E-state index >= 15 is 0 Å². The van der Waals surface area contributed by atoms with E-state index in [1.807, 2.05) is 6.92 Å². The Morgan fingerprint density at radius 1 is 1.33 bits per heavy atom. The Balaban J connectivity index is 1.90. The number of hydrogen-bond donors (Lipinski definition) is 2. The van der Waals surface area contributed by atoms with Crippen LogP contribution in [-0.2, 0) is 16.0 Å². The Kier molecular flexibility index (Phi) is 5.76. The topological polar surface area (TPSA) is 50.4 Å². The molecule has 1 fully saturated rings. The molecule has 1 saturated heterocycles. The van der Waals surface area contributed by atoms with Gasteiger partial charge in [-0.25, -0.2) is 0 Å². The van der Waals surface area contributed by atoms with Crippen molar-refractivity contribution in [2.45, 2.75) is 39.3 Å². The van der Waals surface area contributed by atoms with Gasteiger partial charge in [0.2, 0.25) is 0 Å². The van der Waals surface area contributed by atoms with Crippen LogP contribution in [0.2, 0.25) is 0 Å². The molecular formula is C17H26N2O2. The molecule has 0 aliphatic carbocycles. The van der Waals surface area contributed by atoms with Crippen molar-refractivity contribution in [2.24, 2.45) is 5.92 Å². The van der Waals surface area contributed by atoms with E-state index in [4.69, 9.17) is 4.74 Å². The van der Waals surface area contributed by atoms with Gasteiger partial charge in [-0.2, -0.15) is 0 Å². The van der Waals surface area contributed by atoms with Gasteiger partial charge in [0.1, 0.15) is 6.10 Å². The summed E-state index contributed by atoms with van der Waals surface area (Å²) in [5, 5.41) is 6.19. The zero-order valence-corrected chi connectivity index (χ0v) is 13.2. The van der Waals surface area contributed by atoms with Crippen molar-refractivity contribution in [2.75, 3.05) is 19.7 Å². The lowest BCUT2D eigenvalue weighted by Crippen LogP contribution is -2.48. The zero-order chi connectivity index (χ0) is 15.2. The number of hydrogen-bond acceptors (Lipinski definition) is 3. The number of morpholine rings is 1. The molecule has 4 heteroatoms. The second-order valence-electron chi connectivity index (χ2n) is 6.13. The van der Waals surface area contributed by atoms with Crippen LogP contribution >= 0.6 is 0 Å². The predicted molar refractivity (Wildman–Crippen MR) is 84.2 cm³/mol. The standard InChI is InChI=1S/C17H26N2O2/c1-12(2)10-14-4-6-15(7-5-14)13(3)19-17(20)16-11-18-8-9-21-16/h4-7,12-13,16,18H,8-11H2,1-3H3,(H,19,20). The summed E-state index contributed by atoms with van der Waals surface area (Å²) in [6.07, 6.45) is 0.712. The van der Waals surface area contributed by atoms with Crippen molar-refractivity contribution in [3.63, 3.8) is 0 Å². The Morgan fingerprint density at radius 3 is 2.62 bits per heavy atom. The van der Waals surface area contributed by atoms with Crippen LogP contribution in [0.1, 0.15) is 37.9 Å². The summed E-state index contributed by atoms with van der Waals surface area (Å²) >= 11 is 0. The zero-order valence-electron chi connectivity index (χ0n) is 13.2. The number of ether oxygens (including phenoxy) is 1. The molecule has 1 aromatic carbocycles. The molecule has 1 heterocycles. The van der Waals surface area contributed by atoms with E-state index < -0.39 is 0 Å². The average molecular weight is 290 g/mol. The van der Waals surface area contributed by atoms with Gasteiger partial charge in [-0.1, -0.05) is 38.1 Å². The van der Waals surface area contributed by atoms with E-state index in [9.17, 15) is 4.79 Å². The highest BCUT2D eigenvalue weighted by Gasteiger charge is 2.23. The van der Waals surface area contributed by atoms with Gasteiger partial charge in [-0.15, -0.1) is 0 Å². The van der Waals surface area contributed by atoms with Crippen molar-refractivity contribution in [3.8, 4) is 0 Å². The summed E-state index contributed by atoms with van der Waals surface area (Å²) in [7, 11) is 0. The summed E-state index contributed by atoms with van der Waals surface area (Å²) in [4.78, 5) is 12.1. The highest BCUT2D eigenvalue weighted by molar-refractivity contribution is 5.81. The van der Waals surface area contributed by atoms with Gasteiger partial charge in [0.25, 0.3) is 5.91 Å². The van der Waals surface area contributed by atoms with Crippen LogP contribution in [0.5, 0.6) is 0 Å². The minimum Gasteiger partial charge on any atom is -0.366 e. The van der Waals surface area contributed by atoms with Crippen molar-refractivity contribution in [1.82, 2.24) is 10.6 Å². The van der Waals surface area contributed by atoms with E-state index in [0.717, 1.165) is 18.5 Å². The van der Waals surface area contributed by atoms with Crippen molar-refractivity contribution < 1.29 is 9.53 Å². The van der Waals surface area contributed by atoms with Gasteiger partial charge < -0.3 is 15.4 Å². The molecule has 4 nitrogen and oxygen atoms in total. The SMILES string of the molecule is CC(C)Cc1ccc(C(C)NC(=O)C2CNCCO2)cc1. The van der Waals surface area contributed by atoms with Gasteiger partial charge >= 0.3 is 0 Å². The quantitative estimate of drug-likeness (QED) is 0.872. The molecule has 0 spiro atoms. The maximum absolute atomic E-state index is 12.1. The third-order valence-corrected chi connectivity index (χ3v) is 3.70. The Labute approximate surface area is 127 Å². The number of rotatable bonds is 5. The van der Waals surface area contributed by atoms with Crippen molar-refractivity contribution in [3.05, 3.63) is 35.4 Å². The molecule has 116 valence electrons. The van der Waals surface area contributed by atoms with Gasteiger partial charge in [-0.3, -0.25) is 4.79 Å². The Morgan fingerprint density at radius 2 is 2.05 bits per heavy atom. The third-order valence-electron chi connectivity index (χ3n) is 3.70. The first-order valence-electron chi connectivity index (χ1n) is 7.78. The van der Waals surface area contributed by atoms with Gasteiger partial charge in [0.05, 0.1) is 12.6 Å². The average Bonchev–Trinajstić information content (AvgIpc) is 2.48.